The van der Waals surface area contributed by atoms with Gasteiger partial charge in [0.25, 0.3) is 0 Å². The highest BCUT2D eigenvalue weighted by Gasteiger charge is 2.16. The molecular weight excluding hydrogens is 248 g/mol. The quantitative estimate of drug-likeness (QED) is 0.706. The van der Waals surface area contributed by atoms with Crippen LogP contribution < -0.4 is 0 Å². The molecule has 3 rings (SSSR count). The van der Waals surface area contributed by atoms with Gasteiger partial charge in [-0.1, -0.05) is 54.6 Å². The van der Waals surface area contributed by atoms with Crippen molar-refractivity contribution in [3.63, 3.8) is 0 Å². The second-order valence-electron chi connectivity index (χ2n) is 4.83. The van der Waals surface area contributed by atoms with Crippen molar-refractivity contribution in [3.05, 3.63) is 77.4 Å². The molecule has 0 fully saturated rings. The number of hydrogen-bond donors (Lipinski definition) is 1. The number of hydrogen-bond acceptors (Lipinski definition) is 2. The van der Waals surface area contributed by atoms with Gasteiger partial charge in [-0.25, -0.2) is 0 Å². The van der Waals surface area contributed by atoms with Gasteiger partial charge >= 0.3 is 0 Å². The fraction of sp³-hybridized carbons (Fsp3) is 0.0556. The molecule has 0 heterocycles. The molecule has 0 aliphatic carbocycles. The number of aryl methyl sites for hydroxylation is 1. The van der Waals surface area contributed by atoms with Crippen LogP contribution in [0.25, 0.3) is 10.8 Å². The van der Waals surface area contributed by atoms with E-state index >= 15 is 0 Å². The second kappa shape index (κ2) is 4.82. The highest BCUT2D eigenvalue weighted by Crippen LogP contribution is 2.31. The zero-order chi connectivity index (χ0) is 14.1. The van der Waals surface area contributed by atoms with Crippen LogP contribution in [0.15, 0.2) is 60.7 Å². The Bertz CT molecular complexity index is 789. The molecule has 98 valence electrons. The molecule has 3 aromatic carbocycles. The van der Waals surface area contributed by atoms with Gasteiger partial charge in [-0.3, -0.25) is 4.79 Å². The van der Waals surface area contributed by atoms with E-state index in [2.05, 4.69) is 0 Å². The van der Waals surface area contributed by atoms with Gasteiger partial charge < -0.3 is 5.11 Å². The second-order valence-corrected chi connectivity index (χ2v) is 4.83. The normalized spacial score (nSPS) is 10.7. The van der Waals surface area contributed by atoms with Crippen molar-refractivity contribution in [1.29, 1.82) is 0 Å². The predicted octanol–water partition coefficient (Wildman–Crippen LogP) is 4.08. The van der Waals surface area contributed by atoms with Crippen molar-refractivity contribution < 1.29 is 9.90 Å². The Hall–Kier alpha value is -2.61. The van der Waals surface area contributed by atoms with Crippen molar-refractivity contribution in [3.8, 4) is 5.75 Å². The maximum Gasteiger partial charge on any atom is 0.193 e. The van der Waals surface area contributed by atoms with Crippen LogP contribution in [0, 0.1) is 6.92 Å². The lowest BCUT2D eigenvalue weighted by Crippen LogP contribution is -2.04. The first-order chi connectivity index (χ1) is 9.68. The number of phenols is 1. The summed E-state index contributed by atoms with van der Waals surface area (Å²) < 4.78 is 0. The number of ketones is 1. The third-order valence-electron chi connectivity index (χ3n) is 3.48. The Morgan fingerprint density at radius 1 is 0.900 bits per heavy atom. The van der Waals surface area contributed by atoms with E-state index < -0.39 is 0 Å². The first-order valence-electron chi connectivity index (χ1n) is 6.49. The third kappa shape index (κ3) is 1.95. The minimum absolute atomic E-state index is 0.0145. The summed E-state index contributed by atoms with van der Waals surface area (Å²) >= 11 is 0. The number of rotatable bonds is 2. The maximum atomic E-state index is 12.7. The van der Waals surface area contributed by atoms with Crippen molar-refractivity contribution >= 4 is 16.6 Å². The first kappa shape index (κ1) is 12.4. The lowest BCUT2D eigenvalue weighted by molar-refractivity contribution is 0.104. The van der Waals surface area contributed by atoms with Gasteiger partial charge in [-0.2, -0.15) is 0 Å². The van der Waals surface area contributed by atoms with Crippen molar-refractivity contribution in [2.45, 2.75) is 6.92 Å². The molecule has 0 aliphatic rings. The van der Waals surface area contributed by atoms with Crippen LogP contribution in [0.4, 0.5) is 0 Å². The maximum absolute atomic E-state index is 12.7. The summed E-state index contributed by atoms with van der Waals surface area (Å²) in [5.41, 5.74) is 2.10. The lowest BCUT2D eigenvalue weighted by Gasteiger charge is -2.11. The zero-order valence-corrected chi connectivity index (χ0v) is 11.1. The largest absolute Gasteiger partial charge is 0.507 e. The molecule has 2 heteroatoms. The molecule has 0 unspecified atom stereocenters. The minimum Gasteiger partial charge on any atom is -0.507 e. The lowest BCUT2D eigenvalue weighted by atomic mass is 9.93. The van der Waals surface area contributed by atoms with E-state index in [-0.39, 0.29) is 11.5 Å². The van der Waals surface area contributed by atoms with E-state index in [9.17, 15) is 9.90 Å². The van der Waals surface area contributed by atoms with E-state index in [4.69, 9.17) is 0 Å². The Kier molecular flexibility index (Phi) is 2.99. The fourth-order valence-electron chi connectivity index (χ4n) is 2.53. The van der Waals surface area contributed by atoms with Crippen LogP contribution in [0.3, 0.4) is 0 Å². The van der Waals surface area contributed by atoms with Crippen molar-refractivity contribution in [2.24, 2.45) is 0 Å². The number of fused-ring (bicyclic) bond motifs is 1. The predicted molar refractivity (Wildman–Crippen MR) is 80.2 cm³/mol. The van der Waals surface area contributed by atoms with E-state index in [0.29, 0.717) is 16.5 Å². The minimum atomic E-state index is -0.0145. The smallest absolute Gasteiger partial charge is 0.193 e. The molecule has 3 aromatic rings. The van der Waals surface area contributed by atoms with Crippen LogP contribution in [0.2, 0.25) is 0 Å². The SMILES string of the molecule is Cc1cc(O)c2ccccc2c1C(=O)c1ccccc1. The Morgan fingerprint density at radius 2 is 1.50 bits per heavy atom. The molecule has 0 radical (unpaired) electrons. The molecule has 0 aromatic heterocycles. The molecule has 0 spiro atoms. The molecule has 0 atom stereocenters. The van der Waals surface area contributed by atoms with Crippen LogP contribution in [0.1, 0.15) is 21.5 Å². The summed E-state index contributed by atoms with van der Waals surface area (Å²) in [6, 6.07) is 18.3. The number of benzene rings is 3. The number of carbonyl (C=O) groups is 1. The molecule has 0 amide bonds. The Morgan fingerprint density at radius 3 is 2.20 bits per heavy atom. The number of carbonyl (C=O) groups excluding carboxylic acids is 1. The summed E-state index contributed by atoms with van der Waals surface area (Å²) in [5, 5.41) is 11.5. The molecule has 0 saturated heterocycles. The van der Waals surface area contributed by atoms with Gasteiger partial charge in [0.1, 0.15) is 5.75 Å². The van der Waals surface area contributed by atoms with Gasteiger partial charge in [-0.05, 0) is 23.9 Å². The standard InChI is InChI=1S/C18H14O2/c1-12-11-16(19)14-9-5-6-10-15(14)17(12)18(20)13-7-3-2-4-8-13/h2-11,19H,1H3. The third-order valence-corrected chi connectivity index (χ3v) is 3.48. The summed E-state index contributed by atoms with van der Waals surface area (Å²) in [6.07, 6.45) is 0. The average Bonchev–Trinajstić information content (AvgIpc) is 2.48. The first-order valence-corrected chi connectivity index (χ1v) is 6.49. The Balaban J connectivity index is 2.29. The molecule has 1 N–H and O–H groups in total. The van der Waals surface area contributed by atoms with Crippen LogP contribution >= 0.6 is 0 Å². The summed E-state index contributed by atoms with van der Waals surface area (Å²) in [4.78, 5) is 12.7. The topological polar surface area (TPSA) is 37.3 Å². The van der Waals surface area contributed by atoms with Crippen LogP contribution in [0.5, 0.6) is 5.75 Å². The zero-order valence-electron chi connectivity index (χ0n) is 11.1. The van der Waals surface area contributed by atoms with Gasteiger partial charge in [0, 0.05) is 16.5 Å². The molecule has 0 bridgehead atoms. The summed E-state index contributed by atoms with van der Waals surface area (Å²) in [6.45, 7) is 1.85. The van der Waals surface area contributed by atoms with Gasteiger partial charge in [0.2, 0.25) is 0 Å². The fourth-order valence-corrected chi connectivity index (χ4v) is 2.53. The van der Waals surface area contributed by atoms with Gasteiger partial charge in [0.05, 0.1) is 0 Å². The molecule has 20 heavy (non-hydrogen) atoms. The highest BCUT2D eigenvalue weighted by molar-refractivity contribution is 6.18. The molecular formula is C18H14O2. The molecule has 0 aliphatic heterocycles. The summed E-state index contributed by atoms with van der Waals surface area (Å²) in [7, 11) is 0. The van der Waals surface area contributed by atoms with E-state index in [0.717, 1.165) is 10.9 Å². The Labute approximate surface area is 117 Å². The molecule has 2 nitrogen and oxygen atoms in total. The number of phenolic OH excluding ortho intramolecular Hbond substituents is 1. The van der Waals surface area contributed by atoms with Crippen LogP contribution in [-0.2, 0) is 0 Å². The van der Waals surface area contributed by atoms with Crippen molar-refractivity contribution in [2.75, 3.05) is 0 Å². The highest BCUT2D eigenvalue weighted by atomic mass is 16.3. The van der Waals surface area contributed by atoms with Crippen LogP contribution in [-0.4, -0.2) is 10.9 Å². The summed E-state index contributed by atoms with van der Waals surface area (Å²) in [5.74, 6) is 0.196. The van der Waals surface area contributed by atoms with E-state index in [1.54, 1.807) is 6.07 Å². The molecule has 0 saturated carbocycles. The van der Waals surface area contributed by atoms with E-state index in [1.165, 1.54) is 0 Å². The average molecular weight is 262 g/mol. The number of aromatic hydroxyl groups is 1. The van der Waals surface area contributed by atoms with E-state index in [1.807, 2.05) is 61.5 Å². The monoisotopic (exact) mass is 262 g/mol. The van der Waals surface area contributed by atoms with Gasteiger partial charge in [-0.15, -0.1) is 0 Å². The van der Waals surface area contributed by atoms with Gasteiger partial charge in [0.15, 0.2) is 5.78 Å². The van der Waals surface area contributed by atoms with Crippen molar-refractivity contribution in [1.82, 2.24) is 0 Å².